The zero-order valence-electron chi connectivity index (χ0n) is 13.3. The molecule has 126 valence electrons. The molecule has 0 aromatic heterocycles. The molecule has 6 heteroatoms. The van der Waals surface area contributed by atoms with Gasteiger partial charge in [-0.3, -0.25) is 9.59 Å². The van der Waals surface area contributed by atoms with E-state index in [4.69, 9.17) is 11.6 Å². The zero-order valence-corrected chi connectivity index (χ0v) is 14.1. The van der Waals surface area contributed by atoms with Crippen LogP contribution in [0.25, 0.3) is 0 Å². The van der Waals surface area contributed by atoms with Gasteiger partial charge < -0.3 is 15.7 Å². The van der Waals surface area contributed by atoms with Crippen molar-refractivity contribution in [2.45, 2.75) is 51.0 Å². The number of carbonyl (C=O) groups excluding carboxylic acids is 2. The maximum absolute atomic E-state index is 11.9. The fourth-order valence-electron chi connectivity index (χ4n) is 2.84. The van der Waals surface area contributed by atoms with Crippen molar-refractivity contribution in [3.8, 4) is 0 Å². The first-order valence-corrected chi connectivity index (χ1v) is 8.31. The molecule has 1 aromatic rings. The Balaban J connectivity index is 1.72. The van der Waals surface area contributed by atoms with E-state index in [1.54, 1.807) is 18.2 Å². The average Bonchev–Trinajstić information content (AvgIpc) is 2.90. The molecule has 0 unspecified atom stereocenters. The molecule has 1 aliphatic carbocycles. The molecule has 1 fully saturated rings. The van der Waals surface area contributed by atoms with Crippen LogP contribution in [-0.2, 0) is 9.59 Å². The van der Waals surface area contributed by atoms with Crippen molar-refractivity contribution < 1.29 is 14.7 Å². The third-order valence-corrected chi connectivity index (χ3v) is 4.65. The van der Waals surface area contributed by atoms with E-state index in [9.17, 15) is 14.7 Å². The van der Waals surface area contributed by atoms with Crippen LogP contribution < -0.4 is 10.6 Å². The number of aliphatic hydroxyl groups is 1. The lowest BCUT2D eigenvalue weighted by atomic mass is 9.98. The highest BCUT2D eigenvalue weighted by Gasteiger charge is 2.33. The van der Waals surface area contributed by atoms with E-state index in [1.807, 2.05) is 6.92 Å². The summed E-state index contributed by atoms with van der Waals surface area (Å²) in [6.45, 7) is 2.09. The van der Waals surface area contributed by atoms with Crippen LogP contribution in [-0.4, -0.2) is 29.1 Å². The molecular formula is C17H23ClN2O3. The molecule has 5 nitrogen and oxygen atoms in total. The second kappa shape index (κ2) is 7.79. The standard InChI is InChI=1S/C17H23ClN2O3/c1-12-13(18)5-4-6-14(12)20-15(21)7-10-19-16(22)11-17(23)8-2-3-9-17/h4-6,23H,2-3,7-11H2,1H3,(H,19,22)(H,20,21). The zero-order chi connectivity index (χ0) is 16.9. The van der Waals surface area contributed by atoms with E-state index < -0.39 is 5.60 Å². The normalized spacial score (nSPS) is 16.1. The molecule has 3 N–H and O–H groups in total. The first kappa shape index (κ1) is 17.8. The Bertz CT molecular complexity index is 583. The number of benzene rings is 1. The molecule has 1 aromatic carbocycles. The highest BCUT2D eigenvalue weighted by atomic mass is 35.5. The lowest BCUT2D eigenvalue weighted by Crippen LogP contribution is -2.35. The van der Waals surface area contributed by atoms with Crippen LogP contribution in [0.5, 0.6) is 0 Å². The molecule has 2 amide bonds. The summed E-state index contributed by atoms with van der Waals surface area (Å²) in [5.74, 6) is -0.392. The van der Waals surface area contributed by atoms with Gasteiger partial charge in [0.05, 0.1) is 12.0 Å². The largest absolute Gasteiger partial charge is 0.389 e. The summed E-state index contributed by atoms with van der Waals surface area (Å²) >= 11 is 6.01. The van der Waals surface area contributed by atoms with E-state index >= 15 is 0 Å². The Labute approximate surface area is 141 Å². The van der Waals surface area contributed by atoms with Crippen LogP contribution in [0.1, 0.15) is 44.1 Å². The highest BCUT2D eigenvalue weighted by molar-refractivity contribution is 6.31. The van der Waals surface area contributed by atoms with Gasteiger partial charge in [0.25, 0.3) is 0 Å². The molecule has 0 aliphatic heterocycles. The van der Waals surface area contributed by atoms with E-state index in [-0.39, 0.29) is 31.2 Å². The van der Waals surface area contributed by atoms with Gasteiger partial charge >= 0.3 is 0 Å². The number of hydrogen-bond donors (Lipinski definition) is 3. The molecule has 2 rings (SSSR count). The third kappa shape index (κ3) is 5.22. The van der Waals surface area contributed by atoms with Gasteiger partial charge in [0.15, 0.2) is 0 Å². The summed E-state index contributed by atoms with van der Waals surface area (Å²) in [4.78, 5) is 23.7. The van der Waals surface area contributed by atoms with Gasteiger partial charge in [0, 0.05) is 23.7 Å². The number of rotatable bonds is 6. The minimum atomic E-state index is -0.857. The van der Waals surface area contributed by atoms with Gasteiger partial charge in [-0.1, -0.05) is 30.5 Å². The Morgan fingerprint density at radius 2 is 1.96 bits per heavy atom. The molecular weight excluding hydrogens is 316 g/mol. The summed E-state index contributed by atoms with van der Waals surface area (Å²) in [6, 6.07) is 5.32. The molecule has 0 bridgehead atoms. The van der Waals surface area contributed by atoms with Gasteiger partial charge in [0.2, 0.25) is 11.8 Å². The number of halogens is 1. The second-order valence-electron chi connectivity index (χ2n) is 6.17. The summed E-state index contributed by atoms with van der Waals surface area (Å²) in [5, 5.41) is 16.2. The molecule has 1 saturated carbocycles. The summed E-state index contributed by atoms with van der Waals surface area (Å²) in [6.07, 6.45) is 3.57. The predicted octanol–water partition coefficient (Wildman–Crippen LogP) is 2.79. The van der Waals surface area contributed by atoms with Crippen molar-refractivity contribution in [2.24, 2.45) is 0 Å². The molecule has 0 heterocycles. The SMILES string of the molecule is Cc1c(Cl)cccc1NC(=O)CCNC(=O)CC1(O)CCCC1. The number of nitrogens with one attached hydrogen (secondary N) is 2. The van der Waals surface area contributed by atoms with Gasteiger partial charge in [-0.2, -0.15) is 0 Å². The number of hydrogen-bond acceptors (Lipinski definition) is 3. The predicted molar refractivity (Wildman–Crippen MR) is 90.5 cm³/mol. The van der Waals surface area contributed by atoms with E-state index in [1.165, 1.54) is 0 Å². The van der Waals surface area contributed by atoms with Crippen LogP contribution in [0.4, 0.5) is 5.69 Å². The molecule has 23 heavy (non-hydrogen) atoms. The Morgan fingerprint density at radius 3 is 2.65 bits per heavy atom. The first-order chi connectivity index (χ1) is 10.9. The first-order valence-electron chi connectivity index (χ1n) is 7.94. The fourth-order valence-corrected chi connectivity index (χ4v) is 3.02. The Hall–Kier alpha value is -1.59. The van der Waals surface area contributed by atoms with E-state index in [2.05, 4.69) is 10.6 Å². The van der Waals surface area contributed by atoms with Crippen LogP contribution in [0, 0.1) is 6.92 Å². The quantitative estimate of drug-likeness (QED) is 0.746. The van der Waals surface area contributed by atoms with Crippen molar-refractivity contribution in [1.29, 1.82) is 0 Å². The van der Waals surface area contributed by atoms with Crippen molar-refractivity contribution in [3.63, 3.8) is 0 Å². The average molecular weight is 339 g/mol. The van der Waals surface area contributed by atoms with E-state index in [0.29, 0.717) is 23.6 Å². The maximum Gasteiger partial charge on any atom is 0.226 e. The fraction of sp³-hybridized carbons (Fsp3) is 0.529. The van der Waals surface area contributed by atoms with Crippen LogP contribution in [0.15, 0.2) is 18.2 Å². The van der Waals surface area contributed by atoms with Gasteiger partial charge in [0.1, 0.15) is 0 Å². The summed E-state index contributed by atoms with van der Waals surface area (Å²) < 4.78 is 0. The monoisotopic (exact) mass is 338 g/mol. The number of anilines is 1. The van der Waals surface area contributed by atoms with Gasteiger partial charge in [-0.15, -0.1) is 0 Å². The second-order valence-corrected chi connectivity index (χ2v) is 6.58. The molecule has 0 spiro atoms. The third-order valence-electron chi connectivity index (χ3n) is 4.24. The van der Waals surface area contributed by atoms with Crippen molar-refractivity contribution in [2.75, 3.05) is 11.9 Å². The van der Waals surface area contributed by atoms with Crippen LogP contribution >= 0.6 is 11.6 Å². The minimum Gasteiger partial charge on any atom is -0.389 e. The topological polar surface area (TPSA) is 78.4 Å². The number of amides is 2. The van der Waals surface area contributed by atoms with Crippen LogP contribution in [0.3, 0.4) is 0 Å². The highest BCUT2D eigenvalue weighted by Crippen LogP contribution is 2.32. The molecule has 1 aliphatic rings. The lowest BCUT2D eigenvalue weighted by molar-refractivity contribution is -0.125. The van der Waals surface area contributed by atoms with Crippen molar-refractivity contribution >= 4 is 29.1 Å². The molecule has 0 atom stereocenters. The van der Waals surface area contributed by atoms with E-state index in [0.717, 1.165) is 18.4 Å². The van der Waals surface area contributed by atoms with Crippen molar-refractivity contribution in [1.82, 2.24) is 5.32 Å². The summed E-state index contributed by atoms with van der Waals surface area (Å²) in [5.41, 5.74) is 0.633. The molecule has 0 saturated heterocycles. The lowest BCUT2D eigenvalue weighted by Gasteiger charge is -2.21. The Morgan fingerprint density at radius 1 is 1.26 bits per heavy atom. The number of carbonyl (C=O) groups is 2. The smallest absolute Gasteiger partial charge is 0.226 e. The molecule has 0 radical (unpaired) electrons. The van der Waals surface area contributed by atoms with Crippen molar-refractivity contribution in [3.05, 3.63) is 28.8 Å². The van der Waals surface area contributed by atoms with Crippen LogP contribution in [0.2, 0.25) is 5.02 Å². The van der Waals surface area contributed by atoms with Gasteiger partial charge in [-0.25, -0.2) is 0 Å². The minimum absolute atomic E-state index is 0.113. The summed E-state index contributed by atoms with van der Waals surface area (Å²) in [7, 11) is 0. The maximum atomic E-state index is 11.9. The Kier molecular flexibility index (Phi) is 6.02. The van der Waals surface area contributed by atoms with Gasteiger partial charge in [-0.05, 0) is 37.5 Å².